The van der Waals surface area contributed by atoms with E-state index in [1.165, 1.54) is 6.33 Å². The summed E-state index contributed by atoms with van der Waals surface area (Å²) in [5, 5.41) is 27.1. The van der Waals surface area contributed by atoms with Gasteiger partial charge in [-0.25, -0.2) is 9.97 Å². The summed E-state index contributed by atoms with van der Waals surface area (Å²) in [6, 6.07) is 0. The van der Waals surface area contributed by atoms with Gasteiger partial charge in [-0.3, -0.25) is 10.1 Å². The molecule has 1 unspecified atom stereocenters. The molecule has 0 bridgehead atoms. The fraction of sp³-hybridized carbons (Fsp3) is 0.667. The summed E-state index contributed by atoms with van der Waals surface area (Å²) >= 11 is 0. The van der Waals surface area contributed by atoms with Crippen molar-refractivity contribution < 1.29 is 10.0 Å². The van der Waals surface area contributed by atoms with Crippen LogP contribution in [-0.2, 0) is 0 Å². The van der Waals surface area contributed by atoms with Gasteiger partial charge in [-0.05, 0) is 27.9 Å². The summed E-state index contributed by atoms with van der Waals surface area (Å²) < 4.78 is 0. The van der Waals surface area contributed by atoms with E-state index in [1.54, 1.807) is 6.92 Å². The molecule has 0 saturated heterocycles. The first-order chi connectivity index (χ1) is 9.76. The van der Waals surface area contributed by atoms with Gasteiger partial charge in [0.15, 0.2) is 0 Å². The lowest BCUT2D eigenvalue weighted by molar-refractivity contribution is -0.383. The Morgan fingerprint density at radius 3 is 2.43 bits per heavy atom. The average Bonchev–Trinajstić information content (AvgIpc) is 2.35. The Morgan fingerprint density at radius 2 is 1.95 bits per heavy atom. The first kappa shape index (κ1) is 17.1. The Morgan fingerprint density at radius 1 is 1.38 bits per heavy atom. The molecule has 0 spiro atoms. The normalized spacial score (nSPS) is 13.8. The van der Waals surface area contributed by atoms with Gasteiger partial charge in [-0.1, -0.05) is 0 Å². The molecule has 3 N–H and O–H groups in total. The van der Waals surface area contributed by atoms with Gasteiger partial charge in [0.25, 0.3) is 0 Å². The van der Waals surface area contributed by atoms with Gasteiger partial charge < -0.3 is 20.6 Å². The van der Waals surface area contributed by atoms with E-state index >= 15 is 0 Å². The van der Waals surface area contributed by atoms with E-state index in [4.69, 9.17) is 0 Å². The molecule has 0 radical (unpaired) electrons. The van der Waals surface area contributed by atoms with Gasteiger partial charge in [0, 0.05) is 19.6 Å². The van der Waals surface area contributed by atoms with Crippen LogP contribution in [0.25, 0.3) is 0 Å². The molecule has 0 amide bonds. The van der Waals surface area contributed by atoms with Crippen molar-refractivity contribution in [3.05, 3.63) is 16.4 Å². The third kappa shape index (κ3) is 5.12. The van der Waals surface area contributed by atoms with Crippen LogP contribution in [0.3, 0.4) is 0 Å². The lowest BCUT2D eigenvalue weighted by Crippen LogP contribution is -2.43. The Hall–Kier alpha value is -2.00. The highest BCUT2D eigenvalue weighted by atomic mass is 16.6. The van der Waals surface area contributed by atoms with E-state index in [0.717, 1.165) is 0 Å². The van der Waals surface area contributed by atoms with Crippen LogP contribution in [0.2, 0.25) is 0 Å². The molecule has 9 nitrogen and oxygen atoms in total. The Kier molecular flexibility index (Phi) is 5.79. The van der Waals surface area contributed by atoms with Crippen LogP contribution >= 0.6 is 0 Å². The van der Waals surface area contributed by atoms with Gasteiger partial charge in [-0.15, -0.1) is 0 Å². The summed E-state index contributed by atoms with van der Waals surface area (Å²) in [5.74, 6) is 0.247. The lowest BCUT2D eigenvalue weighted by atomic mass is 10.1. The van der Waals surface area contributed by atoms with E-state index in [0.29, 0.717) is 13.1 Å². The second kappa shape index (κ2) is 7.14. The average molecular weight is 298 g/mol. The highest BCUT2D eigenvalue weighted by Crippen LogP contribution is 2.28. The third-order valence-electron chi connectivity index (χ3n) is 2.64. The third-order valence-corrected chi connectivity index (χ3v) is 2.64. The fourth-order valence-corrected chi connectivity index (χ4v) is 1.99. The van der Waals surface area contributed by atoms with Gasteiger partial charge in [-0.2, -0.15) is 0 Å². The van der Waals surface area contributed by atoms with Crippen molar-refractivity contribution in [3.8, 4) is 0 Å². The van der Waals surface area contributed by atoms with Crippen molar-refractivity contribution in [3.63, 3.8) is 0 Å². The van der Waals surface area contributed by atoms with Crippen LogP contribution in [0.15, 0.2) is 6.33 Å². The van der Waals surface area contributed by atoms with Crippen molar-refractivity contribution in [2.24, 2.45) is 0 Å². The number of nitrogens with zero attached hydrogens (tertiary/aromatic N) is 4. The minimum atomic E-state index is -1.04. The van der Waals surface area contributed by atoms with Crippen molar-refractivity contribution in [1.29, 1.82) is 0 Å². The number of likely N-dealkylation sites (N-methyl/N-ethyl adjacent to an activating group) is 1. The molecule has 118 valence electrons. The van der Waals surface area contributed by atoms with Crippen molar-refractivity contribution in [1.82, 2.24) is 14.9 Å². The first-order valence-corrected chi connectivity index (χ1v) is 6.61. The van der Waals surface area contributed by atoms with Crippen LogP contribution in [-0.4, -0.2) is 64.2 Å². The maximum Gasteiger partial charge on any atom is 0.353 e. The number of anilines is 2. The number of nitrogens with one attached hydrogen (secondary N) is 2. The summed E-state index contributed by atoms with van der Waals surface area (Å²) in [4.78, 5) is 20.3. The van der Waals surface area contributed by atoms with Crippen LogP contribution in [0.5, 0.6) is 0 Å². The van der Waals surface area contributed by atoms with Crippen molar-refractivity contribution in [2.45, 2.75) is 19.4 Å². The minimum absolute atomic E-state index is 0.0879. The predicted molar refractivity (Wildman–Crippen MR) is 80.5 cm³/mol. The van der Waals surface area contributed by atoms with Crippen molar-refractivity contribution >= 4 is 17.3 Å². The number of nitro groups is 1. The monoisotopic (exact) mass is 298 g/mol. The molecule has 0 fully saturated rings. The first-order valence-electron chi connectivity index (χ1n) is 6.61. The van der Waals surface area contributed by atoms with E-state index in [1.807, 2.05) is 25.9 Å². The highest BCUT2D eigenvalue weighted by molar-refractivity contribution is 5.69. The molecule has 1 atom stereocenters. The predicted octanol–water partition coefficient (Wildman–Crippen LogP) is 0.541. The molecule has 1 heterocycles. The molecule has 9 heteroatoms. The molecular formula is C12H22N6O3. The molecule has 1 rings (SSSR count). The standard InChI is InChI=1S/C12H22N6O3/c1-5-13-10-9(18(20)21)11(16-8-15-10)14-6-12(2,19)7-17(3)4/h8,19H,5-7H2,1-4H3,(H2,13,14,15,16). The zero-order valence-corrected chi connectivity index (χ0v) is 12.8. The van der Waals surface area contributed by atoms with Gasteiger partial charge in [0.05, 0.1) is 10.5 Å². The maximum atomic E-state index is 11.2. The smallest absolute Gasteiger partial charge is 0.353 e. The zero-order chi connectivity index (χ0) is 16.0. The fourth-order valence-electron chi connectivity index (χ4n) is 1.99. The van der Waals surface area contributed by atoms with Crippen LogP contribution in [0, 0.1) is 10.1 Å². The Bertz CT molecular complexity index is 492. The highest BCUT2D eigenvalue weighted by Gasteiger charge is 2.26. The molecule has 1 aromatic heterocycles. The molecule has 0 aliphatic carbocycles. The number of hydrogen-bond donors (Lipinski definition) is 3. The number of aromatic nitrogens is 2. The zero-order valence-electron chi connectivity index (χ0n) is 12.8. The summed E-state index contributed by atoms with van der Waals surface area (Å²) in [7, 11) is 3.68. The Labute approximate surface area is 123 Å². The summed E-state index contributed by atoms with van der Waals surface area (Å²) in [6.07, 6.45) is 1.24. The largest absolute Gasteiger partial charge is 0.387 e. The quantitative estimate of drug-likeness (QED) is 0.470. The SMILES string of the molecule is CCNc1ncnc(NCC(C)(O)CN(C)C)c1[N+](=O)[O-]. The van der Waals surface area contributed by atoms with E-state index < -0.39 is 10.5 Å². The van der Waals surface area contributed by atoms with E-state index in [9.17, 15) is 15.2 Å². The number of aliphatic hydroxyl groups is 1. The topological polar surface area (TPSA) is 116 Å². The lowest BCUT2D eigenvalue weighted by Gasteiger charge is -2.27. The van der Waals surface area contributed by atoms with Crippen LogP contribution in [0.1, 0.15) is 13.8 Å². The number of rotatable bonds is 8. The van der Waals surface area contributed by atoms with Crippen LogP contribution in [0.4, 0.5) is 17.3 Å². The van der Waals surface area contributed by atoms with Gasteiger partial charge >= 0.3 is 5.69 Å². The molecule has 1 aromatic rings. The molecule has 0 aromatic carbocycles. The molecule has 0 saturated carbocycles. The van der Waals surface area contributed by atoms with Gasteiger partial charge in [0.1, 0.15) is 6.33 Å². The second-order valence-electron chi connectivity index (χ2n) is 5.30. The summed E-state index contributed by atoms with van der Waals surface area (Å²) in [5.41, 5.74) is -1.26. The molecule has 0 aliphatic rings. The molecule has 0 aliphatic heterocycles. The van der Waals surface area contributed by atoms with E-state index in [-0.39, 0.29) is 23.9 Å². The van der Waals surface area contributed by atoms with Gasteiger partial charge in [0.2, 0.25) is 11.6 Å². The summed E-state index contributed by atoms with van der Waals surface area (Å²) in [6.45, 7) is 4.53. The molecule has 21 heavy (non-hydrogen) atoms. The van der Waals surface area contributed by atoms with Crippen LogP contribution < -0.4 is 10.6 Å². The molecular weight excluding hydrogens is 276 g/mol. The van der Waals surface area contributed by atoms with E-state index in [2.05, 4.69) is 20.6 Å². The number of hydrogen-bond acceptors (Lipinski definition) is 8. The second-order valence-corrected chi connectivity index (χ2v) is 5.30. The Balaban J connectivity index is 2.93. The minimum Gasteiger partial charge on any atom is -0.387 e. The maximum absolute atomic E-state index is 11.2. The van der Waals surface area contributed by atoms with Crippen molar-refractivity contribution in [2.75, 3.05) is 44.4 Å².